The SMILES string of the molecule is c1cc[c]([Sn]2([c]3ccccc3)[c]3ccccc3Sc3cc(N4c5ccccc5C5(c6ccccc6-c6ccccc65)c5ccccc54)cc[c]32)cc1. The second kappa shape index (κ2) is 11.6. The zero-order valence-corrected chi connectivity index (χ0v) is 32.1. The molecule has 0 saturated carbocycles. The van der Waals surface area contributed by atoms with Gasteiger partial charge in [-0.1, -0.05) is 0 Å². The molecule has 0 unspecified atom stereocenters. The van der Waals surface area contributed by atoms with Crippen LogP contribution in [-0.2, 0) is 5.41 Å². The molecule has 0 N–H and O–H groups in total. The summed E-state index contributed by atoms with van der Waals surface area (Å²) in [6.45, 7) is 0. The molecule has 8 aromatic carbocycles. The van der Waals surface area contributed by atoms with Crippen LogP contribution in [-0.4, -0.2) is 18.4 Å². The van der Waals surface area contributed by atoms with E-state index < -0.39 is 23.8 Å². The minimum atomic E-state index is -3.75. The summed E-state index contributed by atoms with van der Waals surface area (Å²) in [4.78, 5) is 5.28. The van der Waals surface area contributed by atoms with Crippen LogP contribution in [0.1, 0.15) is 22.3 Å². The van der Waals surface area contributed by atoms with Crippen LogP contribution in [0.15, 0.2) is 210 Å². The van der Waals surface area contributed by atoms with Crippen molar-refractivity contribution in [2.45, 2.75) is 15.2 Å². The zero-order valence-electron chi connectivity index (χ0n) is 28.4. The Balaban J connectivity index is 1.18. The average molecular weight is 787 g/mol. The van der Waals surface area contributed by atoms with E-state index in [9.17, 15) is 0 Å². The van der Waals surface area contributed by atoms with Gasteiger partial charge in [0.25, 0.3) is 0 Å². The van der Waals surface area contributed by atoms with Gasteiger partial charge in [0, 0.05) is 0 Å². The molecule has 1 spiro atoms. The third kappa shape index (κ3) is 3.97. The first-order valence-corrected chi connectivity index (χ1v) is 24.5. The third-order valence-electron chi connectivity index (χ3n) is 11.6. The van der Waals surface area contributed by atoms with E-state index in [-0.39, 0.29) is 0 Å². The molecule has 3 heteroatoms. The normalized spacial score (nSPS) is 15.1. The van der Waals surface area contributed by atoms with Gasteiger partial charge in [-0.3, -0.25) is 0 Å². The van der Waals surface area contributed by atoms with Crippen molar-refractivity contribution in [3.05, 3.63) is 222 Å². The number of anilines is 3. The summed E-state index contributed by atoms with van der Waals surface area (Å²) in [5.74, 6) is 0. The fourth-order valence-corrected chi connectivity index (χ4v) is 27.3. The minimum absolute atomic E-state index is 0.412. The molecule has 1 nitrogen and oxygen atoms in total. The molecule has 0 radical (unpaired) electrons. The van der Waals surface area contributed by atoms with Gasteiger partial charge in [-0.25, -0.2) is 0 Å². The summed E-state index contributed by atoms with van der Waals surface area (Å²) in [5.41, 5.74) is 11.3. The molecule has 2 aliphatic heterocycles. The topological polar surface area (TPSA) is 3.24 Å². The average Bonchev–Trinajstić information content (AvgIpc) is 3.51. The van der Waals surface area contributed by atoms with Gasteiger partial charge < -0.3 is 0 Å². The van der Waals surface area contributed by atoms with E-state index in [2.05, 4.69) is 205 Å². The second-order valence-corrected chi connectivity index (χ2v) is 25.7. The van der Waals surface area contributed by atoms with Gasteiger partial charge in [-0.2, -0.15) is 0 Å². The monoisotopic (exact) mass is 787 g/mol. The number of hydrogen-bond acceptors (Lipinski definition) is 2. The first-order valence-electron chi connectivity index (χ1n) is 18.0. The summed E-state index contributed by atoms with van der Waals surface area (Å²) >= 11 is -1.81. The van der Waals surface area contributed by atoms with Gasteiger partial charge in [0.1, 0.15) is 0 Å². The van der Waals surface area contributed by atoms with Gasteiger partial charge in [0.2, 0.25) is 0 Å². The quantitative estimate of drug-likeness (QED) is 0.164. The van der Waals surface area contributed by atoms with Crippen molar-refractivity contribution in [3.63, 3.8) is 0 Å². The predicted molar refractivity (Wildman–Crippen MR) is 220 cm³/mol. The first-order chi connectivity index (χ1) is 25.8. The van der Waals surface area contributed by atoms with Gasteiger partial charge >= 0.3 is 315 Å². The summed E-state index contributed by atoms with van der Waals surface area (Å²) < 4.78 is 6.03. The summed E-state index contributed by atoms with van der Waals surface area (Å²) in [7, 11) is 0. The molecule has 0 fully saturated rings. The van der Waals surface area contributed by atoms with Crippen LogP contribution in [0.2, 0.25) is 0 Å². The molecule has 1 aliphatic carbocycles. The fourth-order valence-electron chi connectivity index (χ4n) is 9.68. The van der Waals surface area contributed by atoms with Crippen LogP contribution >= 0.6 is 11.8 Å². The predicted octanol–water partition coefficient (Wildman–Crippen LogP) is 9.67. The van der Waals surface area contributed by atoms with Crippen LogP contribution in [0.5, 0.6) is 0 Å². The van der Waals surface area contributed by atoms with Crippen molar-refractivity contribution >= 4 is 61.5 Å². The zero-order chi connectivity index (χ0) is 34.3. The van der Waals surface area contributed by atoms with Crippen LogP contribution in [0.3, 0.4) is 0 Å². The number of benzene rings is 8. The van der Waals surface area contributed by atoms with Crippen molar-refractivity contribution in [1.82, 2.24) is 0 Å². The number of para-hydroxylation sites is 2. The van der Waals surface area contributed by atoms with Crippen molar-refractivity contribution < 1.29 is 0 Å². The van der Waals surface area contributed by atoms with E-state index in [0.29, 0.717) is 0 Å². The van der Waals surface area contributed by atoms with E-state index in [1.165, 1.54) is 74.6 Å². The number of rotatable bonds is 3. The van der Waals surface area contributed by atoms with Crippen LogP contribution in [0, 0.1) is 0 Å². The number of nitrogens with zero attached hydrogens (tertiary/aromatic N) is 1. The summed E-state index contributed by atoms with van der Waals surface area (Å²) in [5, 5.41) is 0. The fraction of sp³-hybridized carbons (Fsp3) is 0.0204. The van der Waals surface area contributed by atoms with Gasteiger partial charge in [-0.15, -0.1) is 0 Å². The molecule has 0 saturated heterocycles. The molecule has 0 atom stereocenters. The van der Waals surface area contributed by atoms with Crippen LogP contribution < -0.4 is 19.2 Å². The van der Waals surface area contributed by atoms with E-state index in [4.69, 9.17) is 0 Å². The molecule has 8 aromatic rings. The number of hydrogen-bond donors (Lipinski definition) is 0. The molecular formula is C49H33NSSn. The van der Waals surface area contributed by atoms with E-state index in [1.807, 2.05) is 11.8 Å². The summed E-state index contributed by atoms with van der Waals surface area (Å²) in [6.07, 6.45) is 0. The molecular weight excluding hydrogens is 753 g/mol. The summed E-state index contributed by atoms with van der Waals surface area (Å²) in [6, 6.07) is 75.7. The van der Waals surface area contributed by atoms with Gasteiger partial charge in [0.15, 0.2) is 0 Å². The Kier molecular flexibility index (Phi) is 6.78. The number of fused-ring (bicyclic) bond motifs is 11. The Morgan fingerprint density at radius 1 is 0.385 bits per heavy atom. The van der Waals surface area contributed by atoms with E-state index >= 15 is 0 Å². The Bertz CT molecular complexity index is 2550. The van der Waals surface area contributed by atoms with Crippen LogP contribution in [0.4, 0.5) is 17.1 Å². The van der Waals surface area contributed by atoms with Crippen molar-refractivity contribution in [2.75, 3.05) is 4.90 Å². The Morgan fingerprint density at radius 2 is 0.846 bits per heavy atom. The molecule has 3 aliphatic rings. The van der Waals surface area contributed by atoms with Crippen molar-refractivity contribution in [2.24, 2.45) is 0 Å². The van der Waals surface area contributed by atoms with E-state index in [1.54, 1.807) is 0 Å². The van der Waals surface area contributed by atoms with Gasteiger partial charge in [0.05, 0.1) is 0 Å². The molecule has 244 valence electrons. The molecule has 2 heterocycles. The van der Waals surface area contributed by atoms with E-state index in [0.717, 1.165) is 0 Å². The van der Waals surface area contributed by atoms with Gasteiger partial charge in [-0.05, 0) is 0 Å². The van der Waals surface area contributed by atoms with Crippen molar-refractivity contribution in [1.29, 1.82) is 0 Å². The maximum atomic E-state index is 2.53. The maximum absolute atomic E-state index is 3.75. The Morgan fingerprint density at radius 3 is 1.44 bits per heavy atom. The molecule has 0 aromatic heterocycles. The Hall–Kier alpha value is -5.29. The second-order valence-electron chi connectivity index (χ2n) is 14.0. The molecule has 52 heavy (non-hydrogen) atoms. The molecule has 11 rings (SSSR count). The molecule has 0 amide bonds. The first kappa shape index (κ1) is 30.3. The standard InChI is InChI=1S/C37H23NS.2C6H5.Sn/c1-2-14-27(15-3-1)39-28-16-12-13-26(25-28)38-35-23-10-8-21-33(35)37(34-22-9-11-24-36(34)38)31-19-6-4-17-29(31)30-18-5-7-20-32(30)37;2*1-2-4-6-5-3-1;/h1-14,17-25H;2*1-5H;. The van der Waals surface area contributed by atoms with Crippen molar-refractivity contribution in [3.8, 4) is 11.1 Å². The third-order valence-corrected chi connectivity index (χ3v) is 27.7. The van der Waals surface area contributed by atoms with Crippen LogP contribution in [0.25, 0.3) is 11.1 Å². The molecule has 0 bridgehead atoms. The Labute approximate surface area is 313 Å².